The number of fused-ring (bicyclic) bond motifs is 1. The molecule has 0 spiro atoms. The predicted molar refractivity (Wildman–Crippen MR) is 94.8 cm³/mol. The fourth-order valence-corrected chi connectivity index (χ4v) is 3.27. The minimum absolute atomic E-state index is 0.296. The van der Waals surface area contributed by atoms with E-state index in [1.54, 1.807) is 25.1 Å². The van der Waals surface area contributed by atoms with E-state index < -0.39 is 6.10 Å². The van der Waals surface area contributed by atoms with Gasteiger partial charge in [-0.3, -0.25) is 10.1 Å². The summed E-state index contributed by atoms with van der Waals surface area (Å²) in [6.07, 6.45) is -0.722. The van der Waals surface area contributed by atoms with Crippen LogP contribution in [0.15, 0.2) is 42.5 Å². The van der Waals surface area contributed by atoms with Crippen molar-refractivity contribution >= 4 is 55.8 Å². The van der Waals surface area contributed by atoms with E-state index in [4.69, 9.17) is 27.9 Å². The molecule has 0 bridgehead atoms. The summed E-state index contributed by atoms with van der Waals surface area (Å²) >= 11 is 13.3. The summed E-state index contributed by atoms with van der Waals surface area (Å²) < 4.78 is 6.59. The first kappa shape index (κ1) is 16.1. The first-order chi connectivity index (χ1) is 11.0. The average molecular weight is 367 g/mol. The van der Waals surface area contributed by atoms with E-state index in [9.17, 15) is 4.79 Å². The van der Waals surface area contributed by atoms with Crippen LogP contribution in [0, 0.1) is 0 Å². The zero-order chi connectivity index (χ0) is 16.4. The second kappa shape index (κ2) is 6.74. The van der Waals surface area contributed by atoms with E-state index >= 15 is 0 Å². The van der Waals surface area contributed by atoms with Gasteiger partial charge in [0, 0.05) is 5.02 Å². The first-order valence-corrected chi connectivity index (χ1v) is 8.38. The topological polar surface area (TPSA) is 51.2 Å². The smallest absolute Gasteiger partial charge is 0.266 e. The Morgan fingerprint density at radius 3 is 2.78 bits per heavy atom. The summed E-state index contributed by atoms with van der Waals surface area (Å²) in [6, 6.07) is 12.5. The molecule has 1 N–H and O–H groups in total. The highest BCUT2D eigenvalue weighted by Gasteiger charge is 2.18. The molecular weight excluding hydrogens is 355 g/mol. The molecule has 3 aromatic rings. The molecule has 0 saturated carbocycles. The second-order valence-corrected chi connectivity index (χ2v) is 6.69. The quantitative estimate of drug-likeness (QED) is 0.705. The third-order valence-electron chi connectivity index (χ3n) is 3.09. The molecule has 0 radical (unpaired) electrons. The summed E-state index contributed by atoms with van der Waals surface area (Å²) in [4.78, 5) is 16.6. The average Bonchev–Trinajstić information content (AvgIpc) is 2.92. The number of benzene rings is 2. The van der Waals surface area contributed by atoms with E-state index in [0.29, 0.717) is 20.9 Å². The summed E-state index contributed by atoms with van der Waals surface area (Å²) in [7, 11) is 0. The van der Waals surface area contributed by atoms with Crippen LogP contribution >= 0.6 is 34.5 Å². The van der Waals surface area contributed by atoms with Crippen LogP contribution in [-0.2, 0) is 4.79 Å². The van der Waals surface area contributed by atoms with Gasteiger partial charge in [-0.25, -0.2) is 4.98 Å². The summed E-state index contributed by atoms with van der Waals surface area (Å²) in [5.74, 6) is 0.109. The van der Waals surface area contributed by atoms with Crippen molar-refractivity contribution in [3.63, 3.8) is 0 Å². The van der Waals surface area contributed by atoms with Crippen molar-refractivity contribution in [1.29, 1.82) is 0 Å². The maximum absolute atomic E-state index is 12.2. The number of amides is 1. The number of nitrogens with one attached hydrogen (secondary N) is 1. The van der Waals surface area contributed by atoms with Gasteiger partial charge in [-0.2, -0.15) is 0 Å². The van der Waals surface area contributed by atoms with Crippen LogP contribution in [-0.4, -0.2) is 17.0 Å². The van der Waals surface area contributed by atoms with Gasteiger partial charge in [-0.05, 0) is 37.3 Å². The molecule has 0 aliphatic carbocycles. The molecular formula is C16H12Cl2N2O2S. The highest BCUT2D eigenvalue weighted by molar-refractivity contribution is 7.22. The lowest BCUT2D eigenvalue weighted by Crippen LogP contribution is -2.30. The van der Waals surface area contributed by atoms with Gasteiger partial charge in [0.25, 0.3) is 5.91 Å². The Morgan fingerprint density at radius 1 is 1.26 bits per heavy atom. The molecule has 4 nitrogen and oxygen atoms in total. The maximum Gasteiger partial charge on any atom is 0.266 e. The molecule has 7 heteroatoms. The van der Waals surface area contributed by atoms with Crippen LogP contribution in [0.25, 0.3) is 10.2 Å². The van der Waals surface area contributed by atoms with Gasteiger partial charge >= 0.3 is 0 Å². The van der Waals surface area contributed by atoms with Crippen molar-refractivity contribution in [2.75, 3.05) is 5.32 Å². The van der Waals surface area contributed by atoms with Crippen molar-refractivity contribution in [2.24, 2.45) is 0 Å². The van der Waals surface area contributed by atoms with Crippen molar-refractivity contribution in [3.8, 4) is 5.75 Å². The largest absolute Gasteiger partial charge is 0.479 e. The van der Waals surface area contributed by atoms with Crippen molar-refractivity contribution in [3.05, 3.63) is 52.5 Å². The number of rotatable bonds is 4. The molecule has 0 unspecified atom stereocenters. The number of carbonyl (C=O) groups excluding carboxylic acids is 1. The Morgan fingerprint density at radius 2 is 2.04 bits per heavy atom. The number of hydrogen-bond donors (Lipinski definition) is 1. The highest BCUT2D eigenvalue weighted by atomic mass is 35.5. The Bertz CT molecular complexity index is 833. The SMILES string of the molecule is C[C@H](Oc1ccc(Cl)cc1Cl)C(=O)Nc1nc2ccccc2s1. The monoisotopic (exact) mass is 366 g/mol. The number of thiazole rings is 1. The molecule has 2 aromatic carbocycles. The molecule has 1 aromatic heterocycles. The third-order valence-corrected chi connectivity index (χ3v) is 4.57. The third kappa shape index (κ3) is 3.75. The number of hydrogen-bond acceptors (Lipinski definition) is 4. The number of ether oxygens (including phenoxy) is 1. The molecule has 0 aliphatic rings. The molecule has 1 atom stereocenters. The fourth-order valence-electron chi connectivity index (χ4n) is 1.95. The normalized spacial score (nSPS) is 12.1. The Labute approximate surface area is 147 Å². The van der Waals surface area contributed by atoms with Crippen molar-refractivity contribution in [1.82, 2.24) is 4.98 Å². The van der Waals surface area contributed by atoms with Gasteiger partial charge in [0.05, 0.1) is 15.2 Å². The van der Waals surface area contributed by atoms with Crippen LogP contribution in [0.3, 0.4) is 0 Å². The lowest BCUT2D eigenvalue weighted by molar-refractivity contribution is -0.122. The van der Waals surface area contributed by atoms with Crippen LogP contribution in [0.1, 0.15) is 6.92 Å². The van der Waals surface area contributed by atoms with Gasteiger partial charge in [0.2, 0.25) is 0 Å². The minimum atomic E-state index is -0.722. The fraction of sp³-hybridized carbons (Fsp3) is 0.125. The molecule has 23 heavy (non-hydrogen) atoms. The zero-order valence-electron chi connectivity index (χ0n) is 12.0. The molecule has 118 valence electrons. The number of carbonyl (C=O) groups is 1. The van der Waals surface area contributed by atoms with E-state index in [-0.39, 0.29) is 5.91 Å². The highest BCUT2D eigenvalue weighted by Crippen LogP contribution is 2.29. The van der Waals surface area contributed by atoms with Crippen molar-refractivity contribution < 1.29 is 9.53 Å². The molecule has 0 aliphatic heterocycles. The number of anilines is 1. The standard InChI is InChI=1S/C16H12Cl2N2O2S/c1-9(22-13-7-6-10(17)8-11(13)18)15(21)20-16-19-12-4-2-3-5-14(12)23-16/h2-9H,1H3,(H,19,20,21)/t9-/m0/s1. The van der Waals surface area contributed by atoms with Crippen LogP contribution in [0.4, 0.5) is 5.13 Å². The summed E-state index contributed by atoms with van der Waals surface area (Å²) in [5, 5.41) is 4.16. The van der Waals surface area contributed by atoms with E-state index in [1.807, 2.05) is 24.3 Å². The molecule has 0 fully saturated rings. The van der Waals surface area contributed by atoms with E-state index in [0.717, 1.165) is 10.2 Å². The van der Waals surface area contributed by atoms with Gasteiger partial charge < -0.3 is 4.74 Å². The second-order valence-electron chi connectivity index (χ2n) is 4.81. The van der Waals surface area contributed by atoms with Gasteiger partial charge in [0.15, 0.2) is 11.2 Å². The maximum atomic E-state index is 12.2. The first-order valence-electron chi connectivity index (χ1n) is 6.81. The molecule has 0 saturated heterocycles. The van der Waals surface area contributed by atoms with Crippen LogP contribution < -0.4 is 10.1 Å². The Kier molecular flexibility index (Phi) is 4.71. The lowest BCUT2D eigenvalue weighted by atomic mass is 10.3. The van der Waals surface area contributed by atoms with Crippen LogP contribution in [0.2, 0.25) is 10.0 Å². The zero-order valence-corrected chi connectivity index (χ0v) is 14.4. The molecule has 3 rings (SSSR count). The van der Waals surface area contributed by atoms with Gasteiger partial charge in [-0.15, -0.1) is 0 Å². The number of halogens is 2. The molecule has 1 heterocycles. The predicted octanol–water partition coefficient (Wildman–Crippen LogP) is 5.01. The van der Waals surface area contributed by atoms with E-state index in [1.165, 1.54) is 11.3 Å². The lowest BCUT2D eigenvalue weighted by Gasteiger charge is -2.14. The van der Waals surface area contributed by atoms with E-state index in [2.05, 4.69) is 10.3 Å². The molecule has 1 amide bonds. The number of aromatic nitrogens is 1. The Balaban J connectivity index is 1.69. The number of nitrogens with zero attached hydrogens (tertiary/aromatic N) is 1. The summed E-state index contributed by atoms with van der Waals surface area (Å²) in [5.41, 5.74) is 0.849. The summed E-state index contributed by atoms with van der Waals surface area (Å²) in [6.45, 7) is 1.65. The van der Waals surface area contributed by atoms with Crippen LogP contribution in [0.5, 0.6) is 5.75 Å². The van der Waals surface area contributed by atoms with Gasteiger partial charge in [-0.1, -0.05) is 46.7 Å². The Hall–Kier alpha value is -1.82. The minimum Gasteiger partial charge on any atom is -0.479 e. The number of para-hydroxylation sites is 1. The van der Waals surface area contributed by atoms with Gasteiger partial charge in [0.1, 0.15) is 5.75 Å². The van der Waals surface area contributed by atoms with Crippen molar-refractivity contribution in [2.45, 2.75) is 13.0 Å².